The zero-order chi connectivity index (χ0) is 34.3. The minimum absolute atomic E-state index is 0.159. The van der Waals surface area contributed by atoms with Crippen LogP contribution in [-0.4, -0.2) is 30.2 Å². The number of nitrogens with one attached hydrogen (secondary N) is 1. The van der Waals surface area contributed by atoms with Crippen molar-refractivity contribution in [2.24, 2.45) is 5.92 Å². The summed E-state index contributed by atoms with van der Waals surface area (Å²) < 4.78 is 12.9. The third-order valence-electron chi connectivity index (χ3n) is 9.08. The third kappa shape index (κ3) is 12.2. The third-order valence-corrected chi connectivity index (χ3v) is 9.08. The molecule has 46 heavy (non-hydrogen) atoms. The van der Waals surface area contributed by atoms with Crippen LogP contribution in [0.15, 0.2) is 102 Å². The highest BCUT2D eigenvalue weighted by Gasteiger charge is 2.32. The van der Waals surface area contributed by atoms with E-state index < -0.39 is 5.67 Å². The maximum Gasteiger partial charge on any atom is 0.108 e. The van der Waals surface area contributed by atoms with E-state index >= 15 is 0 Å². The average molecular weight is 627 g/mol. The molecule has 3 unspecified atom stereocenters. The number of allylic oxidation sites excluding steroid dienone is 4. The van der Waals surface area contributed by atoms with Crippen LogP contribution in [0.4, 0.5) is 4.39 Å². The monoisotopic (exact) mass is 626 g/mol. The summed E-state index contributed by atoms with van der Waals surface area (Å²) in [7, 11) is 0. The van der Waals surface area contributed by atoms with E-state index in [9.17, 15) is 4.39 Å². The van der Waals surface area contributed by atoms with Gasteiger partial charge in [-0.1, -0.05) is 124 Å². The van der Waals surface area contributed by atoms with Gasteiger partial charge in [0.2, 0.25) is 0 Å². The van der Waals surface area contributed by atoms with E-state index in [-0.39, 0.29) is 6.04 Å². The molecule has 2 aromatic rings. The van der Waals surface area contributed by atoms with E-state index in [0.717, 1.165) is 62.0 Å². The van der Waals surface area contributed by atoms with E-state index in [1.165, 1.54) is 40.8 Å². The molecule has 1 aliphatic heterocycles. The molecule has 2 fully saturated rings. The summed E-state index contributed by atoms with van der Waals surface area (Å²) in [6.45, 7) is 30.2. The van der Waals surface area contributed by atoms with Crippen molar-refractivity contribution >= 4 is 5.57 Å². The normalized spacial score (nSPS) is 20.9. The number of piperidine rings is 1. The molecule has 4 rings (SSSR count). The van der Waals surface area contributed by atoms with E-state index in [4.69, 9.17) is 0 Å². The summed E-state index contributed by atoms with van der Waals surface area (Å²) in [5.41, 5.74) is 10.5. The van der Waals surface area contributed by atoms with Crippen LogP contribution in [0.2, 0.25) is 0 Å². The van der Waals surface area contributed by atoms with Crippen LogP contribution in [-0.2, 0) is 0 Å². The van der Waals surface area contributed by atoms with Crippen molar-refractivity contribution in [1.82, 2.24) is 10.2 Å². The summed E-state index contributed by atoms with van der Waals surface area (Å²) in [5, 5.41) is 3.58. The summed E-state index contributed by atoms with van der Waals surface area (Å²) in [6.07, 6.45) is 12.2. The van der Waals surface area contributed by atoms with Gasteiger partial charge in [0.1, 0.15) is 5.67 Å². The first kappa shape index (κ1) is 39.0. The number of rotatable bonds is 10. The molecule has 1 heterocycles. The SMILES string of the molecule is C=C/C(C)=C\C(=C/C)C(=C)NC(C)c1ccc(C(=C2CCN(CCC)CC2)c2ccc(C)cc2)cc1.CC.CC1CCC(C)(F)C1. The smallest absolute Gasteiger partial charge is 0.108 e. The Hall–Kier alpha value is -3.17. The molecule has 0 aromatic heterocycles. The molecule has 1 aliphatic carbocycles. The number of hydrogen-bond donors (Lipinski definition) is 1. The second kappa shape index (κ2) is 19.5. The summed E-state index contributed by atoms with van der Waals surface area (Å²) in [6, 6.07) is 18.3. The van der Waals surface area contributed by atoms with Crippen LogP contribution in [0.1, 0.15) is 122 Å². The Kier molecular flexibility index (Phi) is 16.5. The second-order valence-corrected chi connectivity index (χ2v) is 13.3. The molecular formula is C43H63FN2. The van der Waals surface area contributed by atoms with Gasteiger partial charge in [-0.25, -0.2) is 4.39 Å². The van der Waals surface area contributed by atoms with Crippen molar-refractivity contribution in [2.45, 2.75) is 113 Å². The lowest BCUT2D eigenvalue weighted by Crippen LogP contribution is -2.31. The van der Waals surface area contributed by atoms with Crippen LogP contribution >= 0.6 is 0 Å². The maximum absolute atomic E-state index is 12.9. The molecule has 0 radical (unpaired) electrons. The van der Waals surface area contributed by atoms with E-state index in [2.05, 4.69) is 119 Å². The fourth-order valence-corrected chi connectivity index (χ4v) is 6.40. The quantitative estimate of drug-likeness (QED) is 0.264. The largest absolute Gasteiger partial charge is 0.379 e. The van der Waals surface area contributed by atoms with Gasteiger partial charge >= 0.3 is 0 Å². The van der Waals surface area contributed by atoms with Gasteiger partial charge < -0.3 is 10.2 Å². The lowest BCUT2D eigenvalue weighted by molar-refractivity contribution is 0.194. The van der Waals surface area contributed by atoms with E-state index in [1.54, 1.807) is 12.5 Å². The zero-order valence-electron chi connectivity index (χ0n) is 30.6. The summed E-state index contributed by atoms with van der Waals surface area (Å²) in [4.78, 5) is 2.60. The highest BCUT2D eigenvalue weighted by Crippen LogP contribution is 2.36. The molecule has 252 valence electrons. The van der Waals surface area contributed by atoms with Crippen molar-refractivity contribution < 1.29 is 4.39 Å². The average Bonchev–Trinajstić information content (AvgIpc) is 3.38. The Morgan fingerprint density at radius 3 is 2.07 bits per heavy atom. The molecule has 0 amide bonds. The number of likely N-dealkylation sites (tertiary alicyclic amines) is 1. The highest BCUT2D eigenvalue weighted by atomic mass is 19.1. The predicted octanol–water partition coefficient (Wildman–Crippen LogP) is 12.1. The minimum Gasteiger partial charge on any atom is -0.379 e. The first-order chi connectivity index (χ1) is 22.0. The molecule has 3 heteroatoms. The van der Waals surface area contributed by atoms with Gasteiger partial charge in [0.15, 0.2) is 0 Å². The second-order valence-electron chi connectivity index (χ2n) is 13.3. The lowest BCUT2D eigenvalue weighted by atomic mass is 9.87. The Labute approximate surface area is 282 Å². The molecule has 2 aliphatic rings. The Balaban J connectivity index is 0.000000632. The fourth-order valence-electron chi connectivity index (χ4n) is 6.40. The highest BCUT2D eigenvalue weighted by molar-refractivity contribution is 5.82. The first-order valence-corrected chi connectivity index (χ1v) is 17.7. The van der Waals surface area contributed by atoms with Crippen LogP contribution in [0.3, 0.4) is 0 Å². The van der Waals surface area contributed by atoms with Gasteiger partial charge in [-0.05, 0) is 113 Å². The molecular weight excluding hydrogens is 563 g/mol. The van der Waals surface area contributed by atoms with Crippen molar-refractivity contribution in [3.8, 4) is 0 Å². The Morgan fingerprint density at radius 1 is 1.07 bits per heavy atom. The predicted molar refractivity (Wildman–Crippen MR) is 202 cm³/mol. The number of nitrogens with zero attached hydrogens (tertiary/aromatic N) is 1. The molecule has 3 atom stereocenters. The van der Waals surface area contributed by atoms with Gasteiger partial charge in [0, 0.05) is 24.8 Å². The number of hydrogen-bond acceptors (Lipinski definition) is 2. The van der Waals surface area contributed by atoms with Gasteiger partial charge in [0.05, 0.1) is 0 Å². The molecule has 0 spiro atoms. The van der Waals surface area contributed by atoms with Crippen LogP contribution in [0, 0.1) is 12.8 Å². The fraction of sp³-hybridized carbons (Fsp3) is 0.488. The van der Waals surface area contributed by atoms with Gasteiger partial charge in [0.25, 0.3) is 0 Å². The van der Waals surface area contributed by atoms with E-state index in [1.807, 2.05) is 26.8 Å². The molecule has 1 N–H and O–H groups in total. The van der Waals surface area contributed by atoms with Gasteiger partial charge in [-0.2, -0.15) is 0 Å². The van der Waals surface area contributed by atoms with Crippen molar-refractivity contribution in [3.63, 3.8) is 0 Å². The number of benzene rings is 2. The lowest BCUT2D eigenvalue weighted by Gasteiger charge is -2.30. The van der Waals surface area contributed by atoms with Crippen LogP contribution in [0.5, 0.6) is 0 Å². The first-order valence-electron chi connectivity index (χ1n) is 17.7. The van der Waals surface area contributed by atoms with Gasteiger partial charge in [-0.3, -0.25) is 0 Å². The standard InChI is InChI=1S/C34H44N2.C7H13F.C2H6/c1-8-21-36-22-19-33(20-23-36)34(31-13-11-26(5)12-14-31)32-17-15-30(16-18-32)28(7)35-27(6)29(10-3)24-25(4)9-2;1-6-3-4-7(2,8)5-6;1-2/h9-18,24,28,35H,2,6,8,19-23H2,1,3-5,7H3;6H,3-5H2,1-2H3;1-2H3/b25-24-,29-10+;;. The minimum atomic E-state index is -0.834. The van der Waals surface area contributed by atoms with Gasteiger partial charge in [-0.15, -0.1) is 0 Å². The van der Waals surface area contributed by atoms with Crippen molar-refractivity contribution in [1.29, 1.82) is 0 Å². The molecule has 2 aromatic carbocycles. The molecule has 1 saturated heterocycles. The number of alkyl halides is 1. The molecule has 1 saturated carbocycles. The van der Waals surface area contributed by atoms with Crippen LogP contribution < -0.4 is 5.32 Å². The molecule has 2 nitrogen and oxygen atoms in total. The number of aryl methyl sites for hydroxylation is 1. The van der Waals surface area contributed by atoms with Crippen molar-refractivity contribution in [2.75, 3.05) is 19.6 Å². The van der Waals surface area contributed by atoms with Crippen LogP contribution in [0.25, 0.3) is 5.57 Å². The van der Waals surface area contributed by atoms with E-state index in [0.29, 0.717) is 5.92 Å². The summed E-state index contributed by atoms with van der Waals surface area (Å²) >= 11 is 0. The maximum atomic E-state index is 12.9. The zero-order valence-corrected chi connectivity index (χ0v) is 30.6. The Bertz CT molecular complexity index is 1310. The van der Waals surface area contributed by atoms with Crippen molar-refractivity contribution in [3.05, 3.63) is 125 Å². The number of halogens is 1. The topological polar surface area (TPSA) is 15.3 Å². The molecule has 0 bridgehead atoms. The summed E-state index contributed by atoms with van der Waals surface area (Å²) in [5.74, 6) is 0.616. The Morgan fingerprint density at radius 2 is 1.63 bits per heavy atom.